The van der Waals surface area contributed by atoms with E-state index in [9.17, 15) is 4.79 Å². The molecule has 0 N–H and O–H groups in total. The molecule has 0 radical (unpaired) electrons. The molecule has 3 rings (SSSR count). The molecule has 0 fully saturated rings. The lowest BCUT2D eigenvalue weighted by Crippen LogP contribution is -2.46. The summed E-state index contributed by atoms with van der Waals surface area (Å²) in [6, 6.07) is 16.2. The normalized spacial score (nSPS) is 17.1. The quantitative estimate of drug-likeness (QED) is 0.737. The van der Waals surface area contributed by atoms with Crippen LogP contribution < -0.4 is 4.74 Å². The number of hydrogen-bond acceptors (Lipinski definition) is 3. The van der Waals surface area contributed by atoms with E-state index >= 15 is 0 Å². The number of hydrogen-bond donors (Lipinski definition) is 0. The van der Waals surface area contributed by atoms with E-state index in [2.05, 4.69) is 13.0 Å². The largest absolute Gasteiger partial charge is 0.496 e. The fourth-order valence-corrected chi connectivity index (χ4v) is 4.08. The van der Waals surface area contributed by atoms with Crippen molar-refractivity contribution in [2.75, 3.05) is 20.8 Å². The van der Waals surface area contributed by atoms with Crippen LogP contribution in [0.5, 0.6) is 5.75 Å². The molecule has 2 atom stereocenters. The maximum atomic E-state index is 13.4. The minimum Gasteiger partial charge on any atom is -0.496 e. The summed E-state index contributed by atoms with van der Waals surface area (Å²) in [6.07, 6.45) is 3.12. The lowest BCUT2D eigenvalue weighted by molar-refractivity contribution is -0.145. The summed E-state index contributed by atoms with van der Waals surface area (Å²) >= 11 is 0. The first-order chi connectivity index (χ1) is 13.2. The molecule has 0 aromatic heterocycles. The first-order valence-electron chi connectivity index (χ1n) is 9.72. The zero-order valence-corrected chi connectivity index (χ0v) is 16.5. The van der Waals surface area contributed by atoms with Crippen LogP contribution in [0.2, 0.25) is 0 Å². The van der Waals surface area contributed by atoms with Gasteiger partial charge >= 0.3 is 0 Å². The van der Waals surface area contributed by atoms with Gasteiger partial charge in [0.15, 0.2) is 6.10 Å². The standard InChI is InChI=1S/C23H29NO3/c1-4-15-24(23(25)22(27-3)17-9-6-5-7-10-17)19-13-14-20-18(16-19)11-8-12-21(20)26-2/h5-12,19,22H,4,13-16H2,1-3H3/t19-,22+/m0/s1. The Bertz CT molecular complexity index is 759. The Morgan fingerprint density at radius 1 is 1.15 bits per heavy atom. The Morgan fingerprint density at radius 3 is 2.59 bits per heavy atom. The van der Waals surface area contributed by atoms with Crippen molar-refractivity contribution in [1.29, 1.82) is 0 Å². The van der Waals surface area contributed by atoms with E-state index < -0.39 is 6.10 Å². The van der Waals surface area contributed by atoms with E-state index in [0.29, 0.717) is 0 Å². The molecule has 2 aromatic carbocycles. The van der Waals surface area contributed by atoms with Crippen LogP contribution in [-0.4, -0.2) is 37.6 Å². The van der Waals surface area contributed by atoms with Crippen molar-refractivity contribution < 1.29 is 14.3 Å². The number of benzene rings is 2. The molecule has 27 heavy (non-hydrogen) atoms. The first-order valence-corrected chi connectivity index (χ1v) is 9.72. The lowest BCUT2D eigenvalue weighted by Gasteiger charge is -2.37. The molecule has 1 aliphatic rings. The van der Waals surface area contributed by atoms with Crippen molar-refractivity contribution in [3.05, 3.63) is 65.2 Å². The fraction of sp³-hybridized carbons (Fsp3) is 0.435. The Hall–Kier alpha value is -2.33. The maximum Gasteiger partial charge on any atom is 0.256 e. The van der Waals surface area contributed by atoms with Crippen LogP contribution in [0.1, 0.15) is 42.6 Å². The molecular weight excluding hydrogens is 338 g/mol. The third kappa shape index (κ3) is 4.16. The Labute approximate surface area is 162 Å². The minimum absolute atomic E-state index is 0.0573. The number of carbonyl (C=O) groups is 1. The van der Waals surface area contributed by atoms with E-state index in [1.54, 1.807) is 14.2 Å². The number of ether oxygens (including phenoxy) is 2. The highest BCUT2D eigenvalue weighted by Gasteiger charge is 2.33. The molecule has 0 saturated heterocycles. The molecule has 0 bridgehead atoms. The van der Waals surface area contributed by atoms with Crippen LogP contribution >= 0.6 is 0 Å². The molecular formula is C23H29NO3. The molecule has 0 heterocycles. The van der Waals surface area contributed by atoms with Gasteiger partial charge in [0.1, 0.15) is 5.75 Å². The smallest absolute Gasteiger partial charge is 0.256 e. The monoisotopic (exact) mass is 367 g/mol. The van der Waals surface area contributed by atoms with Gasteiger partial charge in [-0.05, 0) is 48.4 Å². The van der Waals surface area contributed by atoms with E-state index in [1.165, 1.54) is 11.1 Å². The van der Waals surface area contributed by atoms with Crippen LogP contribution in [0, 0.1) is 0 Å². The Morgan fingerprint density at radius 2 is 1.93 bits per heavy atom. The molecule has 2 aromatic rings. The predicted octanol–water partition coefficient (Wildman–Crippen LogP) is 4.18. The molecule has 0 aliphatic heterocycles. The second-order valence-corrected chi connectivity index (χ2v) is 7.05. The summed E-state index contributed by atoms with van der Waals surface area (Å²) in [5.41, 5.74) is 3.48. The summed E-state index contributed by atoms with van der Waals surface area (Å²) in [7, 11) is 3.33. The highest BCUT2D eigenvalue weighted by Crippen LogP contribution is 2.32. The van der Waals surface area contributed by atoms with Gasteiger partial charge in [-0.15, -0.1) is 0 Å². The molecule has 0 unspecified atom stereocenters. The molecule has 0 spiro atoms. The molecule has 4 nitrogen and oxygen atoms in total. The highest BCUT2D eigenvalue weighted by atomic mass is 16.5. The topological polar surface area (TPSA) is 38.8 Å². The van der Waals surface area contributed by atoms with Crippen molar-refractivity contribution in [1.82, 2.24) is 4.90 Å². The van der Waals surface area contributed by atoms with Crippen molar-refractivity contribution >= 4 is 5.91 Å². The summed E-state index contributed by atoms with van der Waals surface area (Å²) in [4.78, 5) is 15.4. The number of amides is 1. The highest BCUT2D eigenvalue weighted by molar-refractivity contribution is 5.82. The van der Waals surface area contributed by atoms with Crippen LogP contribution in [0.15, 0.2) is 48.5 Å². The van der Waals surface area contributed by atoms with Crippen molar-refractivity contribution in [2.24, 2.45) is 0 Å². The average Bonchev–Trinajstić information content (AvgIpc) is 2.72. The van der Waals surface area contributed by atoms with E-state index in [4.69, 9.17) is 9.47 Å². The van der Waals surface area contributed by atoms with Gasteiger partial charge in [0.2, 0.25) is 0 Å². The van der Waals surface area contributed by atoms with Crippen LogP contribution in [0.4, 0.5) is 0 Å². The van der Waals surface area contributed by atoms with Gasteiger partial charge in [-0.1, -0.05) is 49.4 Å². The van der Waals surface area contributed by atoms with Crippen LogP contribution in [0.25, 0.3) is 0 Å². The number of fused-ring (bicyclic) bond motifs is 1. The molecule has 0 saturated carbocycles. The zero-order chi connectivity index (χ0) is 19.2. The van der Waals surface area contributed by atoms with Gasteiger partial charge in [0.25, 0.3) is 5.91 Å². The zero-order valence-electron chi connectivity index (χ0n) is 16.5. The fourth-order valence-electron chi connectivity index (χ4n) is 4.08. The van der Waals surface area contributed by atoms with Crippen molar-refractivity contribution in [3.63, 3.8) is 0 Å². The van der Waals surface area contributed by atoms with Crippen molar-refractivity contribution in [2.45, 2.75) is 44.8 Å². The second-order valence-electron chi connectivity index (χ2n) is 7.05. The third-order valence-corrected chi connectivity index (χ3v) is 5.38. The summed E-state index contributed by atoms with van der Waals surface area (Å²) < 4.78 is 11.1. The summed E-state index contributed by atoms with van der Waals surface area (Å²) in [5.74, 6) is 1.01. The van der Waals surface area contributed by atoms with Gasteiger partial charge in [0.05, 0.1) is 7.11 Å². The van der Waals surface area contributed by atoms with E-state index in [0.717, 1.165) is 43.5 Å². The van der Waals surface area contributed by atoms with E-state index in [-0.39, 0.29) is 11.9 Å². The van der Waals surface area contributed by atoms with Gasteiger partial charge in [-0.3, -0.25) is 4.79 Å². The number of carbonyl (C=O) groups excluding carboxylic acids is 1. The van der Waals surface area contributed by atoms with Crippen LogP contribution in [-0.2, 0) is 22.4 Å². The minimum atomic E-state index is -0.551. The maximum absolute atomic E-state index is 13.4. The second kappa shape index (κ2) is 9.05. The Balaban J connectivity index is 1.84. The molecule has 144 valence electrons. The number of methoxy groups -OCH3 is 2. The predicted molar refractivity (Wildman–Crippen MR) is 107 cm³/mol. The molecule has 1 amide bonds. The lowest BCUT2D eigenvalue weighted by atomic mass is 9.86. The molecule has 1 aliphatic carbocycles. The molecule has 4 heteroatoms. The van der Waals surface area contributed by atoms with Gasteiger partial charge in [-0.2, -0.15) is 0 Å². The van der Waals surface area contributed by atoms with E-state index in [1.807, 2.05) is 47.4 Å². The number of rotatable bonds is 7. The first kappa shape index (κ1) is 19.4. The average molecular weight is 367 g/mol. The SMILES string of the molecule is CCCN(C(=O)[C@H](OC)c1ccccc1)[C@H]1CCc2c(cccc2OC)C1. The van der Waals surface area contributed by atoms with Crippen molar-refractivity contribution in [3.8, 4) is 5.75 Å². The Kier molecular flexibility index (Phi) is 6.51. The van der Waals surface area contributed by atoms with Crippen LogP contribution in [0.3, 0.4) is 0 Å². The van der Waals surface area contributed by atoms with Gasteiger partial charge in [0, 0.05) is 19.7 Å². The third-order valence-electron chi connectivity index (χ3n) is 5.38. The number of nitrogens with zero attached hydrogens (tertiary/aromatic N) is 1. The van der Waals surface area contributed by atoms with Gasteiger partial charge in [-0.25, -0.2) is 0 Å². The van der Waals surface area contributed by atoms with Gasteiger partial charge < -0.3 is 14.4 Å². The summed E-state index contributed by atoms with van der Waals surface area (Å²) in [5, 5.41) is 0. The summed E-state index contributed by atoms with van der Waals surface area (Å²) in [6.45, 7) is 2.86.